The maximum atomic E-state index is 14.5. The summed E-state index contributed by atoms with van der Waals surface area (Å²) in [5, 5.41) is 11.2. The van der Waals surface area contributed by atoms with Crippen molar-refractivity contribution in [2.24, 2.45) is 12.0 Å². The molecule has 1 atom stereocenters. The normalized spacial score (nSPS) is 12.5. The second-order valence-corrected chi connectivity index (χ2v) is 7.77. The summed E-state index contributed by atoms with van der Waals surface area (Å²) in [7, 11) is 1.96. The molecular weight excluding hydrogens is 407 g/mol. The maximum absolute atomic E-state index is 14.5. The van der Waals surface area contributed by atoms with Crippen molar-refractivity contribution in [1.82, 2.24) is 25.4 Å². The van der Waals surface area contributed by atoms with Gasteiger partial charge in [0.1, 0.15) is 5.75 Å². The zero-order valence-electron chi connectivity index (χ0n) is 19.3. The first kappa shape index (κ1) is 23.2. The molecule has 32 heavy (non-hydrogen) atoms. The van der Waals surface area contributed by atoms with Crippen LogP contribution < -0.4 is 15.4 Å². The number of aromatic nitrogens is 3. The monoisotopic (exact) mass is 438 g/mol. The van der Waals surface area contributed by atoms with Gasteiger partial charge in [0.05, 0.1) is 18.4 Å². The molecule has 1 aromatic carbocycles. The smallest absolute Gasteiger partial charge is 0.191 e. The number of aliphatic imine (C=N–C) groups is 1. The average molecular weight is 439 g/mol. The van der Waals surface area contributed by atoms with Gasteiger partial charge in [0.25, 0.3) is 0 Å². The fourth-order valence-electron chi connectivity index (χ4n) is 3.45. The van der Waals surface area contributed by atoms with Crippen molar-refractivity contribution in [1.29, 1.82) is 0 Å². The summed E-state index contributed by atoms with van der Waals surface area (Å²) in [4.78, 5) is 8.60. The Morgan fingerprint density at radius 1 is 1.28 bits per heavy atom. The van der Waals surface area contributed by atoms with Crippen LogP contribution >= 0.6 is 0 Å². The van der Waals surface area contributed by atoms with E-state index in [2.05, 4.69) is 39.6 Å². The molecule has 0 saturated heterocycles. The number of nitrogens with zero attached hydrogens (tertiary/aromatic N) is 4. The molecule has 2 aromatic heterocycles. The van der Waals surface area contributed by atoms with Crippen LogP contribution in [0.25, 0.3) is 0 Å². The highest BCUT2D eigenvalue weighted by molar-refractivity contribution is 5.80. The molecule has 0 amide bonds. The lowest BCUT2D eigenvalue weighted by molar-refractivity contribution is 0.440. The second-order valence-electron chi connectivity index (χ2n) is 7.77. The summed E-state index contributed by atoms with van der Waals surface area (Å²) in [6.45, 7) is 9.32. The maximum Gasteiger partial charge on any atom is 0.191 e. The Morgan fingerprint density at radius 3 is 2.72 bits per heavy atom. The highest BCUT2D eigenvalue weighted by Gasteiger charge is 2.14. The van der Waals surface area contributed by atoms with E-state index < -0.39 is 5.82 Å². The fraction of sp³-hybridized carbons (Fsp3) is 0.375. The van der Waals surface area contributed by atoms with Crippen LogP contribution in [0.15, 0.2) is 47.7 Å². The third-order valence-electron chi connectivity index (χ3n) is 5.17. The molecule has 170 valence electrons. The molecule has 7 nitrogen and oxygen atoms in total. The highest BCUT2D eigenvalue weighted by atomic mass is 19.1. The van der Waals surface area contributed by atoms with Crippen LogP contribution in [0.1, 0.15) is 36.4 Å². The number of rotatable bonds is 8. The van der Waals surface area contributed by atoms with Gasteiger partial charge >= 0.3 is 0 Å². The third-order valence-corrected chi connectivity index (χ3v) is 5.17. The van der Waals surface area contributed by atoms with Crippen molar-refractivity contribution >= 4 is 5.96 Å². The van der Waals surface area contributed by atoms with Crippen molar-refractivity contribution in [3.8, 4) is 11.5 Å². The van der Waals surface area contributed by atoms with Crippen LogP contribution in [0.5, 0.6) is 11.5 Å². The lowest BCUT2D eigenvalue weighted by Gasteiger charge is -2.18. The van der Waals surface area contributed by atoms with E-state index in [9.17, 15) is 4.39 Å². The second kappa shape index (κ2) is 10.7. The highest BCUT2D eigenvalue weighted by Crippen LogP contribution is 2.24. The summed E-state index contributed by atoms with van der Waals surface area (Å²) in [5.41, 5.74) is 4.21. The van der Waals surface area contributed by atoms with Crippen molar-refractivity contribution in [3.63, 3.8) is 0 Å². The van der Waals surface area contributed by atoms with Crippen molar-refractivity contribution in [2.75, 3.05) is 6.54 Å². The molecule has 3 rings (SSSR count). The number of halogens is 1. The van der Waals surface area contributed by atoms with E-state index in [0.29, 0.717) is 18.3 Å². The quantitative estimate of drug-likeness (QED) is 0.410. The number of nitrogens with one attached hydrogen (secondary N) is 2. The Labute approximate surface area is 188 Å². The zero-order valence-corrected chi connectivity index (χ0v) is 19.3. The predicted octanol–water partition coefficient (Wildman–Crippen LogP) is 4.05. The van der Waals surface area contributed by atoms with Crippen LogP contribution in [0.4, 0.5) is 4.39 Å². The van der Waals surface area contributed by atoms with E-state index >= 15 is 0 Å². The van der Waals surface area contributed by atoms with E-state index in [-0.39, 0.29) is 11.8 Å². The van der Waals surface area contributed by atoms with Gasteiger partial charge in [-0.1, -0.05) is 6.07 Å². The van der Waals surface area contributed by atoms with Gasteiger partial charge in [-0.15, -0.1) is 0 Å². The number of hydrogen-bond acceptors (Lipinski definition) is 4. The molecule has 0 bridgehead atoms. The fourth-order valence-corrected chi connectivity index (χ4v) is 3.45. The number of aryl methyl sites for hydroxylation is 2. The lowest BCUT2D eigenvalue weighted by Crippen LogP contribution is -2.43. The molecule has 2 heterocycles. The topological polar surface area (TPSA) is 76.4 Å². The molecule has 0 fully saturated rings. The van der Waals surface area contributed by atoms with Gasteiger partial charge < -0.3 is 15.4 Å². The predicted molar refractivity (Wildman–Crippen MR) is 125 cm³/mol. The molecule has 0 radical (unpaired) electrons. The Kier molecular flexibility index (Phi) is 7.81. The third kappa shape index (κ3) is 6.06. The Balaban J connectivity index is 1.64. The number of benzene rings is 1. The van der Waals surface area contributed by atoms with Crippen LogP contribution in [-0.2, 0) is 20.0 Å². The molecule has 8 heteroatoms. The first-order chi connectivity index (χ1) is 15.4. The lowest BCUT2D eigenvalue weighted by atomic mass is 10.1. The Bertz CT molecular complexity index is 1060. The van der Waals surface area contributed by atoms with Gasteiger partial charge in [-0.05, 0) is 69.5 Å². The van der Waals surface area contributed by atoms with Crippen LogP contribution in [0, 0.1) is 19.7 Å². The average Bonchev–Trinajstić information content (AvgIpc) is 3.00. The minimum atomic E-state index is -0.435. The van der Waals surface area contributed by atoms with Gasteiger partial charge in [-0.3, -0.25) is 9.67 Å². The van der Waals surface area contributed by atoms with E-state index in [1.807, 2.05) is 31.6 Å². The first-order valence-electron chi connectivity index (χ1n) is 10.8. The van der Waals surface area contributed by atoms with E-state index in [1.54, 1.807) is 30.6 Å². The molecule has 0 saturated carbocycles. The molecular formula is C24H31FN6O. The minimum absolute atomic E-state index is 0.154. The summed E-state index contributed by atoms with van der Waals surface area (Å²) >= 11 is 0. The molecule has 3 aromatic rings. The van der Waals surface area contributed by atoms with Crippen LogP contribution in [0.2, 0.25) is 0 Å². The van der Waals surface area contributed by atoms with E-state index in [4.69, 9.17) is 4.74 Å². The van der Waals surface area contributed by atoms with Gasteiger partial charge in [0, 0.05) is 31.5 Å². The first-order valence-corrected chi connectivity index (χ1v) is 10.8. The van der Waals surface area contributed by atoms with Gasteiger partial charge in [-0.2, -0.15) is 5.10 Å². The standard InChI is InChI=1S/C24H31FN6O/c1-6-27-24(29-16(2)12-21-17(3)30-31(5)18(21)4)28-14-19-9-10-23(22(25)13-19)32-20-8-7-11-26-15-20/h7-11,13,15-16H,6,12,14H2,1-5H3,(H2,27,28,29). The van der Waals surface area contributed by atoms with E-state index in [1.165, 1.54) is 17.3 Å². The number of pyridine rings is 1. The van der Waals surface area contributed by atoms with Crippen LogP contribution in [-0.4, -0.2) is 33.3 Å². The SMILES string of the molecule is CCNC(=NCc1ccc(Oc2cccnc2)c(F)c1)NC(C)Cc1c(C)nn(C)c1C. The summed E-state index contributed by atoms with van der Waals surface area (Å²) in [5.74, 6) is 0.904. The minimum Gasteiger partial charge on any atom is -0.453 e. The molecule has 1 unspecified atom stereocenters. The number of ether oxygens (including phenoxy) is 1. The zero-order chi connectivity index (χ0) is 23.1. The van der Waals surface area contributed by atoms with Gasteiger partial charge in [0.15, 0.2) is 17.5 Å². The van der Waals surface area contributed by atoms with Gasteiger partial charge in [0.2, 0.25) is 0 Å². The molecule has 2 N–H and O–H groups in total. The molecule has 0 aliphatic heterocycles. The van der Waals surface area contributed by atoms with Crippen LogP contribution in [0.3, 0.4) is 0 Å². The van der Waals surface area contributed by atoms with Gasteiger partial charge in [-0.25, -0.2) is 9.38 Å². The molecule has 0 aliphatic carbocycles. The Morgan fingerprint density at radius 2 is 2.09 bits per heavy atom. The van der Waals surface area contributed by atoms with Crippen molar-refractivity contribution in [2.45, 2.75) is 46.7 Å². The number of hydrogen-bond donors (Lipinski definition) is 2. The van der Waals surface area contributed by atoms with Crippen molar-refractivity contribution < 1.29 is 9.13 Å². The van der Waals surface area contributed by atoms with Crippen molar-refractivity contribution in [3.05, 3.63) is 71.1 Å². The molecule has 0 aliphatic rings. The summed E-state index contributed by atoms with van der Waals surface area (Å²) in [6, 6.07) is 8.50. The van der Waals surface area contributed by atoms with E-state index in [0.717, 1.165) is 24.2 Å². The largest absolute Gasteiger partial charge is 0.453 e. The number of guanidine groups is 1. The molecule has 0 spiro atoms. The Hall–Kier alpha value is -3.42. The summed E-state index contributed by atoms with van der Waals surface area (Å²) in [6.07, 6.45) is 4.02. The summed E-state index contributed by atoms with van der Waals surface area (Å²) < 4.78 is 22.0.